The van der Waals surface area contributed by atoms with Crippen LogP contribution < -0.4 is 5.32 Å². The summed E-state index contributed by atoms with van der Waals surface area (Å²) in [5.74, 6) is -0.187. The highest BCUT2D eigenvalue weighted by Crippen LogP contribution is 2.24. The van der Waals surface area contributed by atoms with Crippen molar-refractivity contribution in [2.45, 2.75) is 0 Å². The zero-order chi connectivity index (χ0) is 14.1. The fourth-order valence-electron chi connectivity index (χ4n) is 2.18. The van der Waals surface area contributed by atoms with Gasteiger partial charge in [-0.2, -0.15) is 5.10 Å². The number of aromatic nitrogens is 2. The number of hydrogen-bond donors (Lipinski definition) is 1. The molecule has 0 radical (unpaired) electrons. The minimum Gasteiger partial charge on any atom is -0.320 e. The summed E-state index contributed by atoms with van der Waals surface area (Å²) in [6.45, 7) is 0. The summed E-state index contributed by atoms with van der Waals surface area (Å²) in [7, 11) is 1.74. The van der Waals surface area contributed by atoms with Crippen LogP contribution in [0, 0.1) is 0 Å². The molecule has 1 amide bonds. The Bertz CT molecular complexity index is 770. The monoisotopic (exact) mass is 329 g/mol. The third kappa shape index (κ3) is 2.20. The quantitative estimate of drug-likeness (QED) is 0.781. The second kappa shape index (κ2) is 5.09. The van der Waals surface area contributed by atoms with Crippen molar-refractivity contribution in [3.05, 3.63) is 58.8 Å². The van der Waals surface area contributed by atoms with Crippen LogP contribution in [0.15, 0.2) is 53.1 Å². The number of halogens is 1. The summed E-state index contributed by atoms with van der Waals surface area (Å²) >= 11 is 3.34. The van der Waals surface area contributed by atoms with Gasteiger partial charge in [0.15, 0.2) is 0 Å². The molecule has 3 aromatic rings. The van der Waals surface area contributed by atoms with Crippen molar-refractivity contribution in [2.24, 2.45) is 7.05 Å². The predicted octanol–water partition coefficient (Wildman–Crippen LogP) is 3.59. The van der Waals surface area contributed by atoms with E-state index in [1.54, 1.807) is 17.9 Å². The maximum Gasteiger partial charge on any atom is 0.275 e. The average molecular weight is 330 g/mol. The van der Waals surface area contributed by atoms with Crippen LogP contribution in [0.5, 0.6) is 0 Å². The van der Waals surface area contributed by atoms with Crippen LogP contribution in [0.3, 0.4) is 0 Å². The minimum absolute atomic E-state index is 0.187. The summed E-state index contributed by atoms with van der Waals surface area (Å²) < 4.78 is 2.22. The maximum absolute atomic E-state index is 12.4. The lowest BCUT2D eigenvalue weighted by Gasteiger charge is -2.09. The Balaban J connectivity index is 2.00. The molecule has 0 saturated heterocycles. The Labute approximate surface area is 124 Å². The van der Waals surface area contributed by atoms with E-state index in [1.807, 2.05) is 42.5 Å². The molecule has 2 aromatic carbocycles. The summed E-state index contributed by atoms with van der Waals surface area (Å²) in [4.78, 5) is 12.4. The van der Waals surface area contributed by atoms with Crippen molar-refractivity contribution in [1.82, 2.24) is 9.78 Å². The van der Waals surface area contributed by atoms with E-state index < -0.39 is 0 Å². The summed E-state index contributed by atoms with van der Waals surface area (Å²) in [5, 5.41) is 9.10. The molecule has 1 aromatic heterocycles. The largest absolute Gasteiger partial charge is 0.320 e. The molecule has 0 aliphatic rings. The standard InChI is InChI=1S/C15H12BrN3O/c1-19-14(12(16)9-17-19)15(20)18-13-8-4-6-10-5-2-3-7-11(10)13/h2-9H,1H3,(H,18,20). The highest BCUT2D eigenvalue weighted by molar-refractivity contribution is 9.10. The first-order valence-corrected chi connectivity index (χ1v) is 6.93. The van der Waals surface area contributed by atoms with E-state index in [0.717, 1.165) is 16.5 Å². The fourth-order valence-corrected chi connectivity index (χ4v) is 2.71. The molecule has 0 aliphatic carbocycles. The molecule has 20 heavy (non-hydrogen) atoms. The lowest BCUT2D eigenvalue weighted by molar-refractivity contribution is 0.101. The van der Waals surface area contributed by atoms with Crippen molar-refractivity contribution in [1.29, 1.82) is 0 Å². The first-order chi connectivity index (χ1) is 9.66. The van der Waals surface area contributed by atoms with E-state index in [9.17, 15) is 4.79 Å². The summed E-state index contributed by atoms with van der Waals surface area (Å²) in [6.07, 6.45) is 1.61. The highest BCUT2D eigenvalue weighted by Gasteiger charge is 2.16. The van der Waals surface area contributed by atoms with Gasteiger partial charge in [0.25, 0.3) is 5.91 Å². The van der Waals surface area contributed by atoms with Crippen molar-refractivity contribution >= 4 is 38.3 Å². The van der Waals surface area contributed by atoms with Gasteiger partial charge in [0.05, 0.1) is 10.7 Å². The summed E-state index contributed by atoms with van der Waals surface area (Å²) in [5.41, 5.74) is 1.29. The normalized spacial score (nSPS) is 10.7. The molecule has 0 bridgehead atoms. The van der Waals surface area contributed by atoms with Gasteiger partial charge in [-0.3, -0.25) is 9.48 Å². The Morgan fingerprint density at radius 2 is 1.95 bits per heavy atom. The SMILES string of the molecule is Cn1ncc(Br)c1C(=O)Nc1cccc2ccccc12. The number of aryl methyl sites for hydroxylation is 1. The number of carbonyl (C=O) groups is 1. The van der Waals surface area contributed by atoms with Crippen molar-refractivity contribution in [2.75, 3.05) is 5.32 Å². The highest BCUT2D eigenvalue weighted by atomic mass is 79.9. The molecule has 0 aliphatic heterocycles. The lowest BCUT2D eigenvalue weighted by Crippen LogP contribution is -2.16. The smallest absolute Gasteiger partial charge is 0.275 e. The number of benzene rings is 2. The van der Waals surface area contributed by atoms with Gasteiger partial charge in [-0.25, -0.2) is 0 Å². The number of fused-ring (bicyclic) bond motifs is 1. The van der Waals surface area contributed by atoms with Crippen LogP contribution in [0.4, 0.5) is 5.69 Å². The van der Waals surface area contributed by atoms with Gasteiger partial charge in [0, 0.05) is 18.1 Å². The van der Waals surface area contributed by atoms with Crippen LogP contribution in [-0.2, 0) is 7.05 Å². The first-order valence-electron chi connectivity index (χ1n) is 6.13. The van der Waals surface area contributed by atoms with Crippen LogP contribution >= 0.6 is 15.9 Å². The minimum atomic E-state index is -0.187. The van der Waals surface area contributed by atoms with Gasteiger partial charge in [-0.15, -0.1) is 0 Å². The molecule has 0 spiro atoms. The third-order valence-corrected chi connectivity index (χ3v) is 3.73. The molecule has 1 N–H and O–H groups in total. The van der Waals surface area contributed by atoms with E-state index in [1.165, 1.54) is 0 Å². The Morgan fingerprint density at radius 3 is 2.70 bits per heavy atom. The number of nitrogens with zero attached hydrogens (tertiary/aromatic N) is 2. The van der Waals surface area contributed by atoms with E-state index >= 15 is 0 Å². The van der Waals surface area contributed by atoms with E-state index in [2.05, 4.69) is 26.3 Å². The lowest BCUT2D eigenvalue weighted by atomic mass is 10.1. The number of rotatable bonds is 2. The van der Waals surface area contributed by atoms with E-state index in [4.69, 9.17) is 0 Å². The zero-order valence-corrected chi connectivity index (χ0v) is 12.4. The summed E-state index contributed by atoms with van der Waals surface area (Å²) in [6, 6.07) is 13.8. The predicted molar refractivity (Wildman–Crippen MR) is 82.8 cm³/mol. The molecular formula is C15H12BrN3O. The van der Waals surface area contributed by atoms with Gasteiger partial charge < -0.3 is 5.32 Å². The van der Waals surface area contributed by atoms with Gasteiger partial charge in [-0.05, 0) is 27.4 Å². The number of anilines is 1. The van der Waals surface area contributed by atoms with Crippen LogP contribution in [0.25, 0.3) is 10.8 Å². The second-order valence-electron chi connectivity index (χ2n) is 4.45. The van der Waals surface area contributed by atoms with Crippen LogP contribution in [0.1, 0.15) is 10.5 Å². The molecule has 1 heterocycles. The number of hydrogen-bond acceptors (Lipinski definition) is 2. The number of carbonyl (C=O) groups excluding carboxylic acids is 1. The van der Waals surface area contributed by atoms with Gasteiger partial charge in [0.1, 0.15) is 5.69 Å². The first kappa shape index (κ1) is 12.9. The van der Waals surface area contributed by atoms with E-state index in [0.29, 0.717) is 10.2 Å². The van der Waals surface area contributed by atoms with Crippen molar-refractivity contribution < 1.29 is 4.79 Å². The average Bonchev–Trinajstić information content (AvgIpc) is 2.78. The van der Waals surface area contributed by atoms with Gasteiger partial charge in [0.2, 0.25) is 0 Å². The second-order valence-corrected chi connectivity index (χ2v) is 5.30. The van der Waals surface area contributed by atoms with Crippen LogP contribution in [0.2, 0.25) is 0 Å². The topological polar surface area (TPSA) is 46.9 Å². The molecule has 100 valence electrons. The molecule has 0 fully saturated rings. The molecule has 4 nitrogen and oxygen atoms in total. The fraction of sp³-hybridized carbons (Fsp3) is 0.0667. The van der Waals surface area contributed by atoms with Gasteiger partial charge >= 0.3 is 0 Å². The maximum atomic E-state index is 12.4. The van der Waals surface area contributed by atoms with E-state index in [-0.39, 0.29) is 5.91 Å². The molecule has 0 unspecified atom stereocenters. The Hall–Kier alpha value is -2.14. The molecule has 5 heteroatoms. The van der Waals surface area contributed by atoms with Gasteiger partial charge in [-0.1, -0.05) is 36.4 Å². The number of amides is 1. The third-order valence-electron chi connectivity index (χ3n) is 3.15. The van der Waals surface area contributed by atoms with Crippen molar-refractivity contribution in [3.63, 3.8) is 0 Å². The van der Waals surface area contributed by atoms with Crippen LogP contribution in [-0.4, -0.2) is 15.7 Å². The molecular weight excluding hydrogens is 318 g/mol. The molecule has 3 rings (SSSR count). The van der Waals surface area contributed by atoms with Crippen molar-refractivity contribution in [3.8, 4) is 0 Å². The molecule has 0 atom stereocenters. The number of nitrogens with one attached hydrogen (secondary N) is 1. The molecule has 0 saturated carbocycles. The Morgan fingerprint density at radius 1 is 1.20 bits per heavy atom. The Kier molecular flexibility index (Phi) is 3.28. The zero-order valence-electron chi connectivity index (χ0n) is 10.8.